The molecule has 0 fully saturated rings. The minimum absolute atomic E-state index is 0.0437. The maximum atomic E-state index is 13.7. The number of nitrogens with two attached hydrogens (primary N) is 1. The predicted octanol–water partition coefficient (Wildman–Crippen LogP) is 2.81. The number of rotatable bonds is 4. The predicted molar refractivity (Wildman–Crippen MR) is 74.4 cm³/mol. The van der Waals surface area contributed by atoms with Crippen molar-refractivity contribution < 1.29 is 14.3 Å². The van der Waals surface area contributed by atoms with Crippen molar-refractivity contribution in [1.29, 1.82) is 0 Å². The lowest BCUT2D eigenvalue weighted by Crippen LogP contribution is -2.12. The van der Waals surface area contributed by atoms with Crippen LogP contribution in [0.4, 0.5) is 4.39 Å². The largest absolute Gasteiger partial charge is 0.486 e. The number of hydrogen-bond acceptors (Lipinski definition) is 3. The second-order valence-electron chi connectivity index (χ2n) is 4.36. The summed E-state index contributed by atoms with van der Waals surface area (Å²) in [6.45, 7) is 1.94. The van der Waals surface area contributed by atoms with Crippen molar-refractivity contribution in [2.45, 2.75) is 13.5 Å². The zero-order chi connectivity index (χ0) is 14.5. The van der Waals surface area contributed by atoms with Crippen molar-refractivity contribution in [2.24, 2.45) is 10.9 Å². The highest BCUT2D eigenvalue weighted by Gasteiger charge is 2.06. The number of hydrogen-bond donors (Lipinski definition) is 2. The summed E-state index contributed by atoms with van der Waals surface area (Å²) in [4.78, 5) is 0. The highest BCUT2D eigenvalue weighted by molar-refractivity contribution is 5.96. The molecule has 2 aromatic carbocycles. The molecule has 0 radical (unpaired) electrons. The quantitative estimate of drug-likeness (QED) is 0.390. The van der Waals surface area contributed by atoms with E-state index in [2.05, 4.69) is 5.16 Å². The number of aryl methyl sites for hydroxylation is 1. The topological polar surface area (TPSA) is 67.8 Å². The summed E-state index contributed by atoms with van der Waals surface area (Å²) in [5.41, 5.74) is 7.48. The van der Waals surface area contributed by atoms with Gasteiger partial charge in [-0.1, -0.05) is 41.6 Å². The Morgan fingerprint density at radius 1 is 1.25 bits per heavy atom. The molecule has 0 saturated heterocycles. The third-order valence-electron chi connectivity index (χ3n) is 2.91. The van der Waals surface area contributed by atoms with Gasteiger partial charge in [0, 0.05) is 5.56 Å². The number of ether oxygens (including phenoxy) is 1. The van der Waals surface area contributed by atoms with Crippen LogP contribution < -0.4 is 10.5 Å². The summed E-state index contributed by atoms with van der Waals surface area (Å²) >= 11 is 0. The fourth-order valence-electron chi connectivity index (χ4n) is 1.72. The Bertz CT molecular complexity index is 624. The van der Waals surface area contributed by atoms with Gasteiger partial charge < -0.3 is 15.7 Å². The van der Waals surface area contributed by atoms with Gasteiger partial charge in [0.05, 0.1) is 0 Å². The normalized spacial score (nSPS) is 11.4. The lowest BCUT2D eigenvalue weighted by molar-refractivity contribution is 0.289. The number of benzene rings is 2. The molecule has 0 aromatic heterocycles. The zero-order valence-electron chi connectivity index (χ0n) is 11.0. The lowest BCUT2D eigenvalue weighted by Gasteiger charge is -2.09. The van der Waals surface area contributed by atoms with Gasteiger partial charge in [-0.15, -0.1) is 0 Å². The average Bonchev–Trinajstić information content (AvgIpc) is 2.48. The lowest BCUT2D eigenvalue weighted by atomic mass is 10.1. The summed E-state index contributed by atoms with van der Waals surface area (Å²) < 4.78 is 19.2. The molecular weight excluding hydrogens is 259 g/mol. The fraction of sp³-hybridized carbons (Fsp3) is 0.133. The molecule has 2 aromatic rings. The Hall–Kier alpha value is -2.56. The Morgan fingerprint density at radius 2 is 1.95 bits per heavy atom. The van der Waals surface area contributed by atoms with E-state index in [0.29, 0.717) is 11.1 Å². The van der Waals surface area contributed by atoms with Gasteiger partial charge in [0.2, 0.25) is 0 Å². The molecule has 0 aliphatic carbocycles. The van der Waals surface area contributed by atoms with Crippen LogP contribution >= 0.6 is 0 Å². The van der Waals surface area contributed by atoms with Gasteiger partial charge in [-0.25, -0.2) is 4.39 Å². The first-order chi connectivity index (χ1) is 9.61. The summed E-state index contributed by atoms with van der Waals surface area (Å²) in [6, 6.07) is 12.0. The van der Waals surface area contributed by atoms with Crippen molar-refractivity contribution >= 4 is 5.84 Å². The molecule has 0 amide bonds. The highest BCUT2D eigenvalue weighted by atomic mass is 19.1. The van der Waals surface area contributed by atoms with E-state index in [1.165, 1.54) is 0 Å². The smallest absolute Gasteiger partial charge is 0.170 e. The van der Waals surface area contributed by atoms with Gasteiger partial charge >= 0.3 is 0 Å². The van der Waals surface area contributed by atoms with Gasteiger partial charge in [-0.2, -0.15) is 0 Å². The molecule has 0 unspecified atom stereocenters. The molecule has 3 N–H and O–H groups in total. The number of oxime groups is 1. The van der Waals surface area contributed by atoms with E-state index in [1.54, 1.807) is 49.4 Å². The SMILES string of the molecule is Cc1cccc(OCc2ccc(/C(N)=N/O)cc2)c1F. The van der Waals surface area contributed by atoms with E-state index in [-0.39, 0.29) is 24.0 Å². The minimum Gasteiger partial charge on any atom is -0.486 e. The fourth-order valence-corrected chi connectivity index (χ4v) is 1.72. The molecule has 0 spiro atoms. The van der Waals surface area contributed by atoms with Crippen molar-refractivity contribution in [3.05, 3.63) is 65.0 Å². The summed E-state index contributed by atoms with van der Waals surface area (Å²) in [7, 11) is 0. The van der Waals surface area contributed by atoms with Crippen LogP contribution in [0.1, 0.15) is 16.7 Å². The van der Waals surface area contributed by atoms with Gasteiger partial charge in [0.15, 0.2) is 17.4 Å². The van der Waals surface area contributed by atoms with Crippen LogP contribution in [0, 0.1) is 12.7 Å². The highest BCUT2D eigenvalue weighted by Crippen LogP contribution is 2.20. The van der Waals surface area contributed by atoms with Crippen LogP contribution in [0.3, 0.4) is 0 Å². The summed E-state index contributed by atoms with van der Waals surface area (Å²) in [5, 5.41) is 11.5. The van der Waals surface area contributed by atoms with Gasteiger partial charge in [-0.3, -0.25) is 0 Å². The van der Waals surface area contributed by atoms with Crippen LogP contribution in [0.2, 0.25) is 0 Å². The van der Waals surface area contributed by atoms with E-state index >= 15 is 0 Å². The molecule has 4 nitrogen and oxygen atoms in total. The summed E-state index contributed by atoms with van der Waals surface area (Å²) in [6.07, 6.45) is 0. The van der Waals surface area contributed by atoms with Gasteiger partial charge in [0.1, 0.15) is 6.61 Å². The maximum absolute atomic E-state index is 13.7. The average molecular weight is 274 g/mol. The minimum atomic E-state index is -0.347. The van der Waals surface area contributed by atoms with Crippen LogP contribution in [0.15, 0.2) is 47.6 Å². The van der Waals surface area contributed by atoms with Crippen molar-refractivity contribution in [3.63, 3.8) is 0 Å². The number of amidine groups is 1. The molecule has 0 bridgehead atoms. The molecule has 20 heavy (non-hydrogen) atoms. The number of nitrogens with zero attached hydrogens (tertiary/aromatic N) is 1. The first-order valence-electron chi connectivity index (χ1n) is 6.06. The van der Waals surface area contributed by atoms with E-state index in [9.17, 15) is 4.39 Å². The first kappa shape index (κ1) is 13.9. The second-order valence-corrected chi connectivity index (χ2v) is 4.36. The number of halogens is 1. The molecule has 2 rings (SSSR count). The third-order valence-corrected chi connectivity index (χ3v) is 2.91. The monoisotopic (exact) mass is 274 g/mol. The zero-order valence-corrected chi connectivity index (χ0v) is 11.0. The van der Waals surface area contributed by atoms with E-state index < -0.39 is 0 Å². The molecule has 5 heteroatoms. The van der Waals surface area contributed by atoms with Gasteiger partial charge in [-0.05, 0) is 24.1 Å². The Balaban J connectivity index is 2.06. The molecule has 0 aliphatic heterocycles. The Labute approximate surface area is 116 Å². The van der Waals surface area contributed by atoms with Crippen LogP contribution in [0.25, 0.3) is 0 Å². The third kappa shape index (κ3) is 3.06. The van der Waals surface area contributed by atoms with E-state index in [4.69, 9.17) is 15.7 Å². The first-order valence-corrected chi connectivity index (χ1v) is 6.06. The molecule has 0 heterocycles. The van der Waals surface area contributed by atoms with Crippen molar-refractivity contribution in [2.75, 3.05) is 0 Å². The molecule has 0 atom stereocenters. The van der Waals surface area contributed by atoms with Crippen LogP contribution in [-0.4, -0.2) is 11.0 Å². The van der Waals surface area contributed by atoms with Crippen molar-refractivity contribution in [3.8, 4) is 5.75 Å². The van der Waals surface area contributed by atoms with Crippen molar-refractivity contribution in [1.82, 2.24) is 0 Å². The van der Waals surface area contributed by atoms with E-state index in [1.807, 2.05) is 0 Å². The van der Waals surface area contributed by atoms with E-state index in [0.717, 1.165) is 5.56 Å². The molecular formula is C15H15FN2O2. The standard InChI is InChI=1S/C15H15FN2O2/c1-10-3-2-4-13(14(10)16)20-9-11-5-7-12(8-6-11)15(17)18-19/h2-8,19H,9H2,1H3,(H2,17,18). The summed E-state index contributed by atoms with van der Waals surface area (Å²) in [5.74, 6) is -0.0755. The molecule has 0 saturated carbocycles. The Morgan fingerprint density at radius 3 is 2.60 bits per heavy atom. The van der Waals surface area contributed by atoms with Gasteiger partial charge in [0.25, 0.3) is 0 Å². The Kier molecular flexibility index (Phi) is 4.20. The molecule has 0 aliphatic rings. The second kappa shape index (κ2) is 6.06. The van der Waals surface area contributed by atoms with Crippen LogP contribution in [-0.2, 0) is 6.61 Å². The molecule has 104 valence electrons. The maximum Gasteiger partial charge on any atom is 0.170 e. The van der Waals surface area contributed by atoms with Crippen LogP contribution in [0.5, 0.6) is 5.75 Å².